The van der Waals surface area contributed by atoms with Crippen LogP contribution < -0.4 is 4.74 Å². The normalized spacial score (nSPS) is 15.5. The molecule has 33 heavy (non-hydrogen) atoms. The summed E-state index contributed by atoms with van der Waals surface area (Å²) >= 11 is 7.12. The van der Waals surface area contributed by atoms with Crippen LogP contribution in [0.25, 0.3) is 0 Å². The Labute approximate surface area is 196 Å². The molecule has 1 aliphatic rings. The molecular formula is C23H16ClF3N2O3S. The number of rotatable bonds is 6. The number of carbonyl (C=O) groups excluding carboxylic acids is 1. The summed E-state index contributed by atoms with van der Waals surface area (Å²) in [6.45, 7) is -0.220. The van der Waals surface area contributed by atoms with Gasteiger partial charge in [0.15, 0.2) is 0 Å². The van der Waals surface area contributed by atoms with E-state index in [0.717, 1.165) is 5.01 Å². The van der Waals surface area contributed by atoms with Gasteiger partial charge >= 0.3 is 0 Å². The molecular weight excluding hydrogens is 477 g/mol. The van der Waals surface area contributed by atoms with Crippen molar-refractivity contribution < 1.29 is 27.8 Å². The van der Waals surface area contributed by atoms with E-state index in [1.165, 1.54) is 11.8 Å². The Morgan fingerprint density at radius 1 is 1.09 bits per heavy atom. The third-order valence-corrected chi connectivity index (χ3v) is 6.17. The van der Waals surface area contributed by atoms with Crippen LogP contribution in [0.15, 0.2) is 65.8 Å². The van der Waals surface area contributed by atoms with Crippen molar-refractivity contribution >= 4 is 34.3 Å². The van der Waals surface area contributed by atoms with Crippen LogP contribution in [-0.2, 0) is 0 Å². The number of hydrazone groups is 1. The lowest BCUT2D eigenvalue weighted by Gasteiger charge is -2.23. The minimum absolute atomic E-state index is 0.00840. The van der Waals surface area contributed by atoms with Crippen LogP contribution in [0, 0.1) is 17.5 Å². The van der Waals surface area contributed by atoms with Crippen molar-refractivity contribution in [1.29, 1.82) is 0 Å². The van der Waals surface area contributed by atoms with Gasteiger partial charge in [-0.25, -0.2) is 18.2 Å². The molecule has 1 unspecified atom stereocenters. The molecule has 10 heteroatoms. The highest BCUT2D eigenvalue weighted by Crippen LogP contribution is 2.45. The summed E-state index contributed by atoms with van der Waals surface area (Å²) in [7, 11) is 0. The van der Waals surface area contributed by atoms with Gasteiger partial charge in [-0.05, 0) is 18.2 Å². The fourth-order valence-electron chi connectivity index (χ4n) is 3.23. The Balaban J connectivity index is 1.79. The first-order chi connectivity index (χ1) is 15.9. The Morgan fingerprint density at radius 3 is 2.42 bits per heavy atom. The van der Waals surface area contributed by atoms with Crippen molar-refractivity contribution in [2.45, 2.75) is 5.37 Å². The molecule has 0 radical (unpaired) electrons. The minimum Gasteiger partial charge on any atom is -0.491 e. The van der Waals surface area contributed by atoms with E-state index in [-0.39, 0.29) is 13.2 Å². The van der Waals surface area contributed by atoms with E-state index >= 15 is 0 Å². The number of carbonyl (C=O) groups is 1. The Bertz CT molecular complexity index is 1200. The Kier molecular flexibility index (Phi) is 6.92. The molecule has 1 N–H and O–H groups in total. The fourth-order valence-corrected chi connectivity index (χ4v) is 4.54. The topological polar surface area (TPSA) is 62.1 Å². The maximum atomic E-state index is 14.4. The summed E-state index contributed by atoms with van der Waals surface area (Å²) < 4.78 is 47.8. The maximum Gasteiger partial charge on any atom is 0.281 e. The zero-order chi connectivity index (χ0) is 23.5. The zero-order valence-corrected chi connectivity index (χ0v) is 18.4. The first-order valence-corrected chi connectivity index (χ1v) is 11.0. The molecule has 3 aromatic carbocycles. The average Bonchev–Trinajstić information content (AvgIpc) is 3.23. The number of hydrogen-bond acceptors (Lipinski definition) is 5. The molecule has 0 aromatic heterocycles. The lowest BCUT2D eigenvalue weighted by Crippen LogP contribution is -2.28. The first kappa shape index (κ1) is 23.2. The van der Waals surface area contributed by atoms with Crippen molar-refractivity contribution in [3.8, 4) is 5.75 Å². The molecule has 0 fully saturated rings. The number of ether oxygens (including phenoxy) is 1. The highest BCUT2D eigenvalue weighted by molar-refractivity contribution is 8.14. The molecule has 0 bridgehead atoms. The van der Waals surface area contributed by atoms with E-state index in [1.807, 2.05) is 0 Å². The standard InChI is InChI=1S/C23H16ClF3N2O3S/c24-14-7-5-13(6-8-14)21-28-29(22(31)20-17(26)11-15(25)12-18(20)27)23(33-21)16-3-1-2-4-19(16)32-10-9-30/h1-8,11-12,23,30H,9-10H2. The zero-order valence-electron chi connectivity index (χ0n) is 16.8. The Morgan fingerprint density at radius 2 is 1.76 bits per heavy atom. The predicted octanol–water partition coefficient (Wildman–Crippen LogP) is 5.38. The third kappa shape index (κ3) is 4.85. The van der Waals surface area contributed by atoms with Gasteiger partial charge in [-0.3, -0.25) is 4.79 Å². The number of halogens is 4. The van der Waals surface area contributed by atoms with Crippen LogP contribution >= 0.6 is 23.4 Å². The van der Waals surface area contributed by atoms with Crippen LogP contribution in [0.2, 0.25) is 5.02 Å². The average molecular weight is 493 g/mol. The summed E-state index contributed by atoms with van der Waals surface area (Å²) in [5.74, 6) is -4.51. The van der Waals surface area contributed by atoms with Crippen LogP contribution in [0.3, 0.4) is 0 Å². The van der Waals surface area contributed by atoms with Crippen molar-refractivity contribution in [1.82, 2.24) is 5.01 Å². The van der Waals surface area contributed by atoms with Gasteiger partial charge in [0.1, 0.15) is 45.8 Å². The second-order valence-corrected chi connectivity index (χ2v) is 8.39. The molecule has 0 spiro atoms. The van der Waals surface area contributed by atoms with E-state index in [0.29, 0.717) is 39.1 Å². The number of nitrogens with zero attached hydrogens (tertiary/aromatic N) is 2. The molecule has 0 saturated heterocycles. The van der Waals surface area contributed by atoms with Crippen LogP contribution in [0.4, 0.5) is 13.2 Å². The van der Waals surface area contributed by atoms with E-state index in [2.05, 4.69) is 5.10 Å². The lowest BCUT2D eigenvalue weighted by molar-refractivity contribution is 0.0737. The second-order valence-electron chi connectivity index (χ2n) is 6.89. The van der Waals surface area contributed by atoms with Gasteiger partial charge in [-0.1, -0.05) is 53.7 Å². The summed E-state index contributed by atoms with van der Waals surface area (Å²) in [4.78, 5) is 13.2. The van der Waals surface area contributed by atoms with Crippen LogP contribution in [0.5, 0.6) is 5.75 Å². The molecule has 1 atom stereocenters. The van der Waals surface area contributed by atoms with Crippen molar-refractivity contribution in [2.75, 3.05) is 13.2 Å². The van der Waals surface area contributed by atoms with Crippen molar-refractivity contribution in [2.24, 2.45) is 5.10 Å². The van der Waals surface area contributed by atoms with Gasteiger partial charge in [0.2, 0.25) is 0 Å². The third-order valence-electron chi connectivity index (χ3n) is 4.70. The first-order valence-electron chi connectivity index (χ1n) is 9.71. The maximum absolute atomic E-state index is 14.4. The van der Waals surface area contributed by atoms with E-state index in [9.17, 15) is 18.0 Å². The molecule has 3 aromatic rings. The van der Waals surface area contributed by atoms with Gasteiger partial charge in [-0.15, -0.1) is 0 Å². The summed E-state index contributed by atoms with van der Waals surface area (Å²) in [5, 5.41) is 14.5. The number of aliphatic hydroxyl groups excluding tert-OH is 1. The number of aliphatic hydroxyl groups is 1. The lowest BCUT2D eigenvalue weighted by atomic mass is 10.1. The van der Waals surface area contributed by atoms with Crippen LogP contribution in [-0.4, -0.2) is 34.3 Å². The van der Waals surface area contributed by atoms with Crippen LogP contribution in [0.1, 0.15) is 26.9 Å². The molecule has 4 rings (SSSR count). The van der Waals surface area contributed by atoms with Crippen molar-refractivity contribution in [3.05, 3.63) is 99.8 Å². The van der Waals surface area contributed by atoms with Gasteiger partial charge < -0.3 is 9.84 Å². The van der Waals surface area contributed by atoms with E-state index < -0.39 is 34.3 Å². The monoisotopic (exact) mass is 492 g/mol. The van der Waals surface area contributed by atoms with Crippen molar-refractivity contribution in [3.63, 3.8) is 0 Å². The predicted molar refractivity (Wildman–Crippen MR) is 120 cm³/mol. The number of amides is 1. The quantitative estimate of drug-likeness (QED) is 0.502. The summed E-state index contributed by atoms with van der Waals surface area (Å²) in [6, 6.07) is 14.3. The molecule has 0 aliphatic carbocycles. The van der Waals surface area contributed by atoms with Gasteiger partial charge in [0.05, 0.1) is 6.61 Å². The highest BCUT2D eigenvalue weighted by Gasteiger charge is 2.38. The Hall–Kier alpha value is -3.01. The summed E-state index contributed by atoms with van der Waals surface area (Å²) in [6.07, 6.45) is 0. The molecule has 1 amide bonds. The largest absolute Gasteiger partial charge is 0.491 e. The molecule has 170 valence electrons. The SMILES string of the molecule is O=C(c1c(F)cc(F)cc1F)N1N=C(c2ccc(Cl)cc2)SC1c1ccccc1OCCO. The fraction of sp³-hybridized carbons (Fsp3) is 0.130. The molecule has 0 saturated carbocycles. The number of benzene rings is 3. The second kappa shape index (κ2) is 9.86. The van der Waals surface area contributed by atoms with Gasteiger partial charge in [-0.2, -0.15) is 5.10 Å². The smallest absolute Gasteiger partial charge is 0.281 e. The molecule has 1 heterocycles. The summed E-state index contributed by atoms with van der Waals surface area (Å²) in [5.41, 5.74) is 0.218. The van der Waals surface area contributed by atoms with E-state index in [1.54, 1.807) is 48.5 Å². The van der Waals surface area contributed by atoms with Gasteiger partial charge in [0.25, 0.3) is 5.91 Å². The molecule has 5 nitrogen and oxygen atoms in total. The van der Waals surface area contributed by atoms with Gasteiger partial charge in [0, 0.05) is 28.3 Å². The number of para-hydroxylation sites is 1. The number of thioether (sulfide) groups is 1. The van der Waals surface area contributed by atoms with E-state index in [4.69, 9.17) is 21.4 Å². The number of hydrogen-bond donors (Lipinski definition) is 1. The highest BCUT2D eigenvalue weighted by atomic mass is 35.5. The molecule has 1 aliphatic heterocycles. The minimum atomic E-state index is -1.33.